The van der Waals surface area contributed by atoms with Crippen LogP contribution in [-0.4, -0.2) is 25.7 Å². The van der Waals surface area contributed by atoms with Gasteiger partial charge in [-0.3, -0.25) is 9.59 Å². The molecule has 0 aromatic heterocycles. The maximum atomic E-state index is 11.4. The van der Waals surface area contributed by atoms with Gasteiger partial charge in [0.1, 0.15) is 0 Å². The highest BCUT2D eigenvalue weighted by atomic mass is 16.5. The minimum atomic E-state index is -0.796. The van der Waals surface area contributed by atoms with Crippen LogP contribution in [0.2, 0.25) is 0 Å². The summed E-state index contributed by atoms with van der Waals surface area (Å²) >= 11 is 0. The maximum Gasteiger partial charge on any atom is 0.320 e. The van der Waals surface area contributed by atoms with Crippen LogP contribution in [0.25, 0.3) is 0 Å². The molecule has 0 aromatic carbocycles. The smallest absolute Gasteiger partial charge is 0.320 e. The van der Waals surface area contributed by atoms with E-state index in [1.54, 1.807) is 13.0 Å². The van der Waals surface area contributed by atoms with Gasteiger partial charge in [-0.05, 0) is 26.2 Å². The third-order valence-electron chi connectivity index (χ3n) is 1.96. The number of hydrogen-bond donors (Lipinski definition) is 0. The van der Waals surface area contributed by atoms with E-state index in [4.69, 9.17) is 4.74 Å². The van der Waals surface area contributed by atoms with Crippen molar-refractivity contribution in [1.29, 1.82) is 0 Å². The van der Waals surface area contributed by atoms with Crippen LogP contribution in [-0.2, 0) is 19.1 Å². The summed E-state index contributed by atoms with van der Waals surface area (Å²) in [4.78, 5) is 22.7. The first kappa shape index (κ1) is 13.7. The van der Waals surface area contributed by atoms with Gasteiger partial charge in [0.05, 0.1) is 13.7 Å². The van der Waals surface area contributed by atoms with E-state index in [-0.39, 0.29) is 6.61 Å². The third-order valence-corrected chi connectivity index (χ3v) is 1.96. The molecule has 4 nitrogen and oxygen atoms in total. The van der Waals surface area contributed by atoms with E-state index in [1.807, 2.05) is 0 Å². The second-order valence-electron chi connectivity index (χ2n) is 3.05. The van der Waals surface area contributed by atoms with Crippen molar-refractivity contribution >= 4 is 11.9 Å². The number of rotatable bonds is 7. The van der Waals surface area contributed by atoms with Gasteiger partial charge in [0.15, 0.2) is 5.92 Å². The van der Waals surface area contributed by atoms with E-state index in [0.29, 0.717) is 6.42 Å². The number of ether oxygens (including phenoxy) is 2. The molecule has 0 heterocycles. The zero-order valence-corrected chi connectivity index (χ0v) is 9.32. The van der Waals surface area contributed by atoms with Gasteiger partial charge in [-0.1, -0.05) is 6.08 Å². The lowest BCUT2D eigenvalue weighted by atomic mass is 10.0. The van der Waals surface area contributed by atoms with Crippen LogP contribution in [0.3, 0.4) is 0 Å². The Labute approximate surface area is 90.2 Å². The number of hydrogen-bond acceptors (Lipinski definition) is 4. The van der Waals surface area contributed by atoms with Gasteiger partial charge >= 0.3 is 11.9 Å². The summed E-state index contributed by atoms with van der Waals surface area (Å²) in [5.41, 5.74) is 0. The number of methoxy groups -OCH3 is 1. The first-order valence-electron chi connectivity index (χ1n) is 5.02. The molecule has 0 fully saturated rings. The lowest BCUT2D eigenvalue weighted by molar-refractivity contribution is -0.160. The second kappa shape index (κ2) is 8.03. The zero-order valence-electron chi connectivity index (χ0n) is 9.32. The van der Waals surface area contributed by atoms with Crippen molar-refractivity contribution in [2.75, 3.05) is 13.7 Å². The molecule has 15 heavy (non-hydrogen) atoms. The highest BCUT2D eigenvalue weighted by Gasteiger charge is 2.27. The van der Waals surface area contributed by atoms with Crippen LogP contribution in [0.15, 0.2) is 12.7 Å². The molecule has 0 N–H and O–H groups in total. The molecule has 0 rings (SSSR count). The van der Waals surface area contributed by atoms with Gasteiger partial charge in [0.2, 0.25) is 0 Å². The Morgan fingerprint density at radius 1 is 1.40 bits per heavy atom. The number of unbranched alkanes of at least 4 members (excludes halogenated alkanes) is 1. The Hall–Kier alpha value is -1.32. The Morgan fingerprint density at radius 3 is 2.53 bits per heavy atom. The van der Waals surface area contributed by atoms with Gasteiger partial charge in [-0.15, -0.1) is 6.58 Å². The van der Waals surface area contributed by atoms with Crippen molar-refractivity contribution in [3.63, 3.8) is 0 Å². The van der Waals surface area contributed by atoms with E-state index in [0.717, 1.165) is 12.8 Å². The lowest BCUT2D eigenvalue weighted by Gasteiger charge is -2.12. The monoisotopic (exact) mass is 214 g/mol. The molecule has 0 bridgehead atoms. The Balaban J connectivity index is 4.23. The average molecular weight is 214 g/mol. The van der Waals surface area contributed by atoms with Crippen molar-refractivity contribution in [2.24, 2.45) is 5.92 Å². The molecule has 0 spiro atoms. The standard InChI is InChI=1S/C11H18O4/c1-4-6-7-8-9(10(12)14-3)11(13)15-5-2/h4,9H,1,5-8H2,2-3H3. The van der Waals surface area contributed by atoms with Crippen molar-refractivity contribution in [2.45, 2.75) is 26.2 Å². The number of esters is 2. The highest BCUT2D eigenvalue weighted by molar-refractivity contribution is 5.94. The molecule has 0 aliphatic rings. The lowest BCUT2D eigenvalue weighted by Crippen LogP contribution is -2.27. The normalized spacial score (nSPS) is 11.6. The quantitative estimate of drug-likeness (QED) is 0.280. The fourth-order valence-electron chi connectivity index (χ4n) is 1.18. The van der Waals surface area contributed by atoms with Crippen molar-refractivity contribution < 1.29 is 19.1 Å². The minimum Gasteiger partial charge on any atom is -0.468 e. The molecule has 0 amide bonds. The number of carbonyl (C=O) groups is 2. The zero-order chi connectivity index (χ0) is 11.7. The molecule has 0 aromatic rings. The molecule has 0 radical (unpaired) electrons. The molecule has 1 unspecified atom stereocenters. The van der Waals surface area contributed by atoms with Gasteiger partial charge in [0, 0.05) is 0 Å². The third kappa shape index (κ3) is 5.20. The van der Waals surface area contributed by atoms with Crippen LogP contribution in [0.1, 0.15) is 26.2 Å². The number of allylic oxidation sites excluding steroid dienone is 1. The summed E-state index contributed by atoms with van der Waals surface area (Å²) in [5, 5.41) is 0. The van der Waals surface area contributed by atoms with Crippen LogP contribution in [0, 0.1) is 5.92 Å². The predicted molar refractivity (Wildman–Crippen MR) is 56.2 cm³/mol. The topological polar surface area (TPSA) is 52.6 Å². The van der Waals surface area contributed by atoms with Crippen LogP contribution >= 0.6 is 0 Å². The summed E-state index contributed by atoms with van der Waals surface area (Å²) in [7, 11) is 1.27. The summed E-state index contributed by atoms with van der Waals surface area (Å²) in [6.07, 6.45) is 3.69. The summed E-state index contributed by atoms with van der Waals surface area (Å²) < 4.78 is 9.34. The largest absolute Gasteiger partial charge is 0.468 e. The minimum absolute atomic E-state index is 0.272. The molecule has 4 heteroatoms. The molecule has 0 aliphatic heterocycles. The highest BCUT2D eigenvalue weighted by Crippen LogP contribution is 2.12. The van der Waals surface area contributed by atoms with Gasteiger partial charge < -0.3 is 9.47 Å². The molecular formula is C11H18O4. The maximum absolute atomic E-state index is 11.4. The number of carbonyl (C=O) groups excluding carboxylic acids is 2. The van der Waals surface area contributed by atoms with E-state index in [1.165, 1.54) is 7.11 Å². The van der Waals surface area contributed by atoms with Crippen molar-refractivity contribution in [1.82, 2.24) is 0 Å². The van der Waals surface area contributed by atoms with Crippen molar-refractivity contribution in [3.05, 3.63) is 12.7 Å². The Kier molecular flexibility index (Phi) is 7.32. The van der Waals surface area contributed by atoms with Crippen molar-refractivity contribution in [3.8, 4) is 0 Å². The van der Waals surface area contributed by atoms with E-state index in [9.17, 15) is 9.59 Å². The molecule has 1 atom stereocenters. The average Bonchev–Trinajstić information content (AvgIpc) is 2.23. The van der Waals surface area contributed by atoms with Crippen LogP contribution < -0.4 is 0 Å². The van der Waals surface area contributed by atoms with E-state index >= 15 is 0 Å². The molecular weight excluding hydrogens is 196 g/mol. The van der Waals surface area contributed by atoms with Crippen LogP contribution in [0.5, 0.6) is 0 Å². The summed E-state index contributed by atoms with van der Waals surface area (Å²) in [6, 6.07) is 0. The predicted octanol–water partition coefficient (Wildman–Crippen LogP) is 1.70. The molecule has 0 saturated heterocycles. The van der Waals surface area contributed by atoms with Gasteiger partial charge in [0.25, 0.3) is 0 Å². The first-order chi connectivity index (χ1) is 7.17. The Morgan fingerprint density at radius 2 is 2.07 bits per heavy atom. The summed E-state index contributed by atoms with van der Waals surface area (Å²) in [5.74, 6) is -1.83. The summed E-state index contributed by atoms with van der Waals surface area (Å²) in [6.45, 7) is 5.55. The van der Waals surface area contributed by atoms with Gasteiger partial charge in [-0.2, -0.15) is 0 Å². The van der Waals surface area contributed by atoms with E-state index < -0.39 is 17.9 Å². The SMILES string of the molecule is C=CCCCC(C(=O)OC)C(=O)OCC. The molecule has 0 saturated carbocycles. The molecule has 0 aliphatic carbocycles. The van der Waals surface area contributed by atoms with Gasteiger partial charge in [-0.25, -0.2) is 0 Å². The Bertz CT molecular complexity index is 223. The fourth-order valence-corrected chi connectivity index (χ4v) is 1.18. The second-order valence-corrected chi connectivity index (χ2v) is 3.05. The fraction of sp³-hybridized carbons (Fsp3) is 0.636. The van der Waals surface area contributed by atoms with E-state index in [2.05, 4.69) is 11.3 Å². The van der Waals surface area contributed by atoms with Crippen LogP contribution in [0.4, 0.5) is 0 Å². The first-order valence-corrected chi connectivity index (χ1v) is 5.02. The molecule has 86 valence electrons.